The van der Waals surface area contributed by atoms with Crippen molar-refractivity contribution in [2.24, 2.45) is 0 Å². The van der Waals surface area contributed by atoms with Gasteiger partial charge in [-0.2, -0.15) is 0 Å². The SMILES string of the molecule is O=C(NCc1ccccn1)c1cc(-c2cccc(F)c2)no1. The molecule has 0 saturated heterocycles. The van der Waals surface area contributed by atoms with Crippen molar-refractivity contribution in [1.29, 1.82) is 0 Å². The molecule has 22 heavy (non-hydrogen) atoms. The average Bonchev–Trinajstić information content (AvgIpc) is 3.04. The molecule has 0 unspecified atom stereocenters. The minimum absolute atomic E-state index is 0.0650. The van der Waals surface area contributed by atoms with Crippen LogP contribution >= 0.6 is 0 Å². The summed E-state index contributed by atoms with van der Waals surface area (Å²) in [4.78, 5) is 16.1. The Morgan fingerprint density at radius 3 is 2.86 bits per heavy atom. The summed E-state index contributed by atoms with van der Waals surface area (Å²) in [6, 6.07) is 12.8. The maximum atomic E-state index is 13.2. The fourth-order valence-electron chi connectivity index (χ4n) is 1.93. The lowest BCUT2D eigenvalue weighted by Gasteiger charge is -2.01. The number of aromatic nitrogens is 2. The summed E-state index contributed by atoms with van der Waals surface area (Å²) in [5.41, 5.74) is 1.69. The van der Waals surface area contributed by atoms with E-state index in [9.17, 15) is 9.18 Å². The number of hydrogen-bond donors (Lipinski definition) is 1. The Bertz CT molecular complexity index is 787. The van der Waals surface area contributed by atoms with E-state index in [2.05, 4.69) is 15.5 Å². The Kier molecular flexibility index (Phi) is 3.91. The van der Waals surface area contributed by atoms with Gasteiger partial charge in [0.05, 0.1) is 12.2 Å². The van der Waals surface area contributed by atoms with Gasteiger partial charge in [0.1, 0.15) is 11.5 Å². The van der Waals surface area contributed by atoms with Gasteiger partial charge in [0.2, 0.25) is 5.76 Å². The maximum absolute atomic E-state index is 13.2. The predicted octanol–water partition coefficient (Wildman–Crippen LogP) is 2.81. The first-order chi connectivity index (χ1) is 10.7. The minimum Gasteiger partial charge on any atom is -0.350 e. The van der Waals surface area contributed by atoms with Crippen LogP contribution in [-0.2, 0) is 6.54 Å². The molecule has 0 fully saturated rings. The summed E-state index contributed by atoms with van der Waals surface area (Å²) in [6.45, 7) is 0.287. The van der Waals surface area contributed by atoms with Crippen LogP contribution in [0.4, 0.5) is 4.39 Å². The van der Waals surface area contributed by atoms with E-state index in [1.54, 1.807) is 30.5 Å². The first-order valence-electron chi connectivity index (χ1n) is 6.63. The minimum atomic E-state index is -0.402. The van der Waals surface area contributed by atoms with Gasteiger partial charge in [-0.05, 0) is 24.3 Å². The Balaban J connectivity index is 1.69. The number of carbonyl (C=O) groups excluding carboxylic acids is 1. The van der Waals surface area contributed by atoms with Gasteiger partial charge in [0, 0.05) is 17.8 Å². The lowest BCUT2D eigenvalue weighted by Crippen LogP contribution is -2.22. The number of benzene rings is 1. The number of nitrogens with zero attached hydrogens (tertiary/aromatic N) is 2. The highest BCUT2D eigenvalue weighted by molar-refractivity contribution is 5.92. The molecule has 0 atom stereocenters. The van der Waals surface area contributed by atoms with E-state index >= 15 is 0 Å². The molecule has 1 aromatic carbocycles. The summed E-state index contributed by atoms with van der Waals surface area (Å²) in [5, 5.41) is 6.47. The fourth-order valence-corrected chi connectivity index (χ4v) is 1.93. The van der Waals surface area contributed by atoms with Crippen molar-refractivity contribution in [2.75, 3.05) is 0 Å². The molecule has 0 spiro atoms. The monoisotopic (exact) mass is 297 g/mol. The van der Waals surface area contributed by atoms with Gasteiger partial charge in [-0.15, -0.1) is 0 Å². The fraction of sp³-hybridized carbons (Fsp3) is 0.0625. The summed E-state index contributed by atoms with van der Waals surface area (Å²) in [5.74, 6) is -0.711. The molecule has 6 heteroatoms. The van der Waals surface area contributed by atoms with E-state index < -0.39 is 5.91 Å². The smallest absolute Gasteiger partial charge is 0.290 e. The molecule has 0 saturated carbocycles. The molecule has 5 nitrogen and oxygen atoms in total. The molecule has 0 aliphatic rings. The zero-order valence-corrected chi connectivity index (χ0v) is 11.5. The molecule has 0 radical (unpaired) electrons. The van der Waals surface area contributed by atoms with Gasteiger partial charge in [-0.3, -0.25) is 9.78 Å². The molecule has 2 aromatic heterocycles. The van der Waals surface area contributed by atoms with E-state index in [4.69, 9.17) is 4.52 Å². The summed E-state index contributed by atoms with van der Waals surface area (Å²) in [6.07, 6.45) is 1.65. The number of pyridine rings is 1. The van der Waals surface area contributed by atoms with Gasteiger partial charge < -0.3 is 9.84 Å². The number of halogens is 1. The van der Waals surface area contributed by atoms with Crippen LogP contribution in [0.25, 0.3) is 11.3 Å². The topological polar surface area (TPSA) is 68.0 Å². The maximum Gasteiger partial charge on any atom is 0.290 e. The lowest BCUT2D eigenvalue weighted by molar-refractivity contribution is 0.0913. The molecule has 0 bridgehead atoms. The van der Waals surface area contributed by atoms with Crippen LogP contribution in [0.1, 0.15) is 16.2 Å². The van der Waals surface area contributed by atoms with Crippen molar-refractivity contribution in [2.45, 2.75) is 6.54 Å². The van der Waals surface area contributed by atoms with Crippen LogP contribution in [0, 0.1) is 5.82 Å². The largest absolute Gasteiger partial charge is 0.350 e. The summed E-state index contributed by atoms with van der Waals surface area (Å²) >= 11 is 0. The molecule has 110 valence electrons. The number of hydrogen-bond acceptors (Lipinski definition) is 4. The lowest BCUT2D eigenvalue weighted by atomic mass is 10.1. The molecule has 1 amide bonds. The van der Waals surface area contributed by atoms with Crippen molar-refractivity contribution < 1.29 is 13.7 Å². The summed E-state index contributed by atoms with van der Waals surface area (Å²) < 4.78 is 18.2. The Morgan fingerprint density at radius 2 is 2.09 bits per heavy atom. The van der Waals surface area contributed by atoms with Gasteiger partial charge in [-0.1, -0.05) is 23.4 Å². The highest BCUT2D eigenvalue weighted by Crippen LogP contribution is 2.19. The molecule has 3 aromatic rings. The predicted molar refractivity (Wildman–Crippen MR) is 77.3 cm³/mol. The first kappa shape index (κ1) is 13.9. The molecular weight excluding hydrogens is 285 g/mol. The van der Waals surface area contributed by atoms with Crippen molar-refractivity contribution in [3.63, 3.8) is 0 Å². The Labute approximate surface area is 125 Å². The van der Waals surface area contributed by atoms with Gasteiger partial charge in [-0.25, -0.2) is 4.39 Å². The van der Waals surface area contributed by atoms with Crippen molar-refractivity contribution in [1.82, 2.24) is 15.5 Å². The van der Waals surface area contributed by atoms with E-state index in [0.29, 0.717) is 11.3 Å². The molecule has 0 aliphatic carbocycles. The third-order valence-corrected chi connectivity index (χ3v) is 3.01. The quantitative estimate of drug-likeness (QED) is 0.804. The van der Waals surface area contributed by atoms with E-state index in [-0.39, 0.29) is 18.1 Å². The molecule has 3 rings (SSSR count). The molecular formula is C16H12FN3O2. The molecule has 2 heterocycles. The normalized spacial score (nSPS) is 10.4. The van der Waals surface area contributed by atoms with Crippen LogP contribution in [-0.4, -0.2) is 16.0 Å². The number of amides is 1. The van der Waals surface area contributed by atoms with Crippen molar-refractivity contribution >= 4 is 5.91 Å². The van der Waals surface area contributed by atoms with Crippen molar-refractivity contribution in [3.05, 3.63) is 72.0 Å². The van der Waals surface area contributed by atoms with Crippen LogP contribution in [0.2, 0.25) is 0 Å². The van der Waals surface area contributed by atoms with Crippen LogP contribution < -0.4 is 5.32 Å². The average molecular weight is 297 g/mol. The highest BCUT2D eigenvalue weighted by Gasteiger charge is 2.14. The second kappa shape index (κ2) is 6.17. The molecule has 1 N–H and O–H groups in total. The second-order valence-electron chi connectivity index (χ2n) is 4.59. The van der Waals surface area contributed by atoms with Gasteiger partial charge >= 0.3 is 0 Å². The van der Waals surface area contributed by atoms with Crippen molar-refractivity contribution in [3.8, 4) is 11.3 Å². The highest BCUT2D eigenvalue weighted by atomic mass is 19.1. The Hall–Kier alpha value is -3.02. The third-order valence-electron chi connectivity index (χ3n) is 3.01. The van der Waals surface area contributed by atoms with E-state index in [0.717, 1.165) is 5.69 Å². The van der Waals surface area contributed by atoms with Crippen LogP contribution in [0.15, 0.2) is 59.3 Å². The van der Waals surface area contributed by atoms with Gasteiger partial charge in [0.25, 0.3) is 5.91 Å². The standard InChI is InChI=1S/C16H12FN3O2/c17-12-5-3-4-11(8-12)14-9-15(22-20-14)16(21)19-10-13-6-1-2-7-18-13/h1-9H,10H2,(H,19,21). The van der Waals surface area contributed by atoms with Crippen LogP contribution in [0.5, 0.6) is 0 Å². The van der Waals surface area contributed by atoms with E-state index in [1.165, 1.54) is 18.2 Å². The third kappa shape index (κ3) is 3.17. The zero-order valence-electron chi connectivity index (χ0n) is 11.5. The van der Waals surface area contributed by atoms with Gasteiger partial charge in [0.15, 0.2) is 0 Å². The second-order valence-corrected chi connectivity index (χ2v) is 4.59. The first-order valence-corrected chi connectivity index (χ1v) is 6.63. The van der Waals surface area contributed by atoms with Crippen LogP contribution in [0.3, 0.4) is 0 Å². The van der Waals surface area contributed by atoms with E-state index in [1.807, 2.05) is 6.07 Å². The number of rotatable bonds is 4. The zero-order chi connectivity index (χ0) is 15.4. The number of carbonyl (C=O) groups is 1. The Morgan fingerprint density at radius 1 is 1.18 bits per heavy atom. The molecule has 0 aliphatic heterocycles. The number of nitrogens with one attached hydrogen (secondary N) is 1. The summed E-state index contributed by atoms with van der Waals surface area (Å²) in [7, 11) is 0.